The van der Waals surface area contributed by atoms with Gasteiger partial charge in [0.1, 0.15) is 5.75 Å². The van der Waals surface area contributed by atoms with Gasteiger partial charge in [0.05, 0.1) is 29.0 Å². The zero-order valence-corrected chi connectivity index (χ0v) is 13.5. The fourth-order valence-corrected chi connectivity index (χ4v) is 2.69. The van der Waals surface area contributed by atoms with Gasteiger partial charge in [0.15, 0.2) is 0 Å². The summed E-state index contributed by atoms with van der Waals surface area (Å²) in [7, 11) is 1.64. The SMILES string of the molecule is COc1ccc(C=NNc2cccc3cccnc23)cc1Br. The summed E-state index contributed by atoms with van der Waals surface area (Å²) in [5.74, 6) is 0.795. The van der Waals surface area contributed by atoms with Crippen LogP contribution in [-0.4, -0.2) is 18.3 Å². The molecule has 0 atom stereocenters. The van der Waals surface area contributed by atoms with E-state index in [0.29, 0.717) is 0 Å². The third-order valence-electron chi connectivity index (χ3n) is 3.21. The van der Waals surface area contributed by atoms with Crippen LogP contribution in [-0.2, 0) is 0 Å². The van der Waals surface area contributed by atoms with Gasteiger partial charge in [0.2, 0.25) is 0 Å². The number of pyridine rings is 1. The fraction of sp³-hybridized carbons (Fsp3) is 0.0588. The van der Waals surface area contributed by atoms with Crippen LogP contribution in [0.5, 0.6) is 5.75 Å². The highest BCUT2D eigenvalue weighted by Crippen LogP contribution is 2.25. The topological polar surface area (TPSA) is 46.5 Å². The minimum atomic E-state index is 0.795. The van der Waals surface area contributed by atoms with Crippen molar-refractivity contribution in [2.45, 2.75) is 0 Å². The average molecular weight is 356 g/mol. The van der Waals surface area contributed by atoms with Crippen molar-refractivity contribution in [1.82, 2.24) is 4.98 Å². The molecule has 3 aromatic rings. The van der Waals surface area contributed by atoms with Gasteiger partial charge in [-0.25, -0.2) is 0 Å². The van der Waals surface area contributed by atoms with Gasteiger partial charge in [-0.05, 0) is 51.8 Å². The first-order chi connectivity index (χ1) is 10.8. The Kier molecular flexibility index (Phi) is 4.34. The standard InChI is InChI=1S/C17H14BrN3O/c1-22-16-8-7-12(10-14(16)18)11-20-21-15-6-2-4-13-5-3-9-19-17(13)15/h2-11,21H,1H3. The molecule has 3 rings (SSSR count). The van der Waals surface area contributed by atoms with E-state index in [0.717, 1.165) is 32.4 Å². The van der Waals surface area contributed by atoms with Crippen molar-refractivity contribution in [2.24, 2.45) is 5.10 Å². The third kappa shape index (κ3) is 3.09. The van der Waals surface area contributed by atoms with Crippen molar-refractivity contribution < 1.29 is 4.74 Å². The largest absolute Gasteiger partial charge is 0.496 e. The smallest absolute Gasteiger partial charge is 0.133 e. The molecule has 0 unspecified atom stereocenters. The van der Waals surface area contributed by atoms with Crippen molar-refractivity contribution in [1.29, 1.82) is 0 Å². The molecule has 4 nitrogen and oxygen atoms in total. The summed E-state index contributed by atoms with van der Waals surface area (Å²) in [6.45, 7) is 0. The Labute approximate surface area is 137 Å². The summed E-state index contributed by atoms with van der Waals surface area (Å²) in [5, 5.41) is 5.36. The van der Waals surface area contributed by atoms with Crippen LogP contribution in [0, 0.1) is 0 Å². The molecule has 0 saturated carbocycles. The summed E-state index contributed by atoms with van der Waals surface area (Å²) in [5.41, 5.74) is 5.79. The number of rotatable bonds is 4. The van der Waals surface area contributed by atoms with Crippen molar-refractivity contribution in [2.75, 3.05) is 12.5 Å². The highest BCUT2D eigenvalue weighted by atomic mass is 79.9. The van der Waals surface area contributed by atoms with Gasteiger partial charge < -0.3 is 4.74 Å². The van der Waals surface area contributed by atoms with E-state index in [1.54, 1.807) is 19.5 Å². The Morgan fingerprint density at radius 2 is 2.05 bits per heavy atom. The van der Waals surface area contributed by atoms with E-state index < -0.39 is 0 Å². The van der Waals surface area contributed by atoms with Crippen LogP contribution in [0.3, 0.4) is 0 Å². The fourth-order valence-electron chi connectivity index (χ4n) is 2.13. The number of benzene rings is 2. The second-order valence-corrected chi connectivity index (χ2v) is 5.50. The second-order valence-electron chi connectivity index (χ2n) is 4.64. The molecule has 0 bridgehead atoms. The molecule has 1 aromatic heterocycles. The normalized spacial score (nSPS) is 11.0. The molecule has 0 fully saturated rings. The molecule has 0 aliphatic rings. The number of nitrogens with zero attached hydrogens (tertiary/aromatic N) is 2. The molecule has 110 valence electrons. The maximum Gasteiger partial charge on any atom is 0.133 e. The summed E-state index contributed by atoms with van der Waals surface area (Å²) in [6, 6.07) is 15.7. The maximum absolute atomic E-state index is 5.21. The van der Waals surface area contributed by atoms with Crippen molar-refractivity contribution in [3.05, 3.63) is 64.8 Å². The van der Waals surface area contributed by atoms with Crippen LogP contribution >= 0.6 is 15.9 Å². The van der Waals surface area contributed by atoms with Gasteiger partial charge >= 0.3 is 0 Å². The average Bonchev–Trinajstić information content (AvgIpc) is 2.55. The predicted octanol–water partition coefficient (Wildman–Crippen LogP) is 4.45. The molecule has 0 aliphatic heterocycles. The monoisotopic (exact) mass is 355 g/mol. The lowest BCUT2D eigenvalue weighted by Crippen LogP contribution is -1.93. The Morgan fingerprint density at radius 3 is 2.86 bits per heavy atom. The molecule has 0 saturated heterocycles. The lowest BCUT2D eigenvalue weighted by Gasteiger charge is -2.05. The van der Waals surface area contributed by atoms with Gasteiger partial charge in [-0.3, -0.25) is 10.4 Å². The lowest BCUT2D eigenvalue weighted by molar-refractivity contribution is 0.412. The maximum atomic E-state index is 5.21. The number of anilines is 1. The van der Waals surface area contributed by atoms with Crippen LogP contribution in [0.4, 0.5) is 5.69 Å². The number of hydrogen-bond acceptors (Lipinski definition) is 4. The van der Waals surface area contributed by atoms with Gasteiger partial charge in [-0.2, -0.15) is 5.10 Å². The molecule has 0 aliphatic carbocycles. The first-order valence-electron chi connectivity index (χ1n) is 6.74. The van der Waals surface area contributed by atoms with Crippen LogP contribution in [0.25, 0.3) is 10.9 Å². The van der Waals surface area contributed by atoms with Gasteiger partial charge in [0.25, 0.3) is 0 Å². The Morgan fingerprint density at radius 1 is 1.18 bits per heavy atom. The van der Waals surface area contributed by atoms with E-state index in [9.17, 15) is 0 Å². The first kappa shape index (κ1) is 14.5. The number of para-hydroxylation sites is 1. The molecule has 2 aromatic carbocycles. The van der Waals surface area contributed by atoms with Gasteiger partial charge in [0, 0.05) is 11.6 Å². The molecule has 22 heavy (non-hydrogen) atoms. The number of ether oxygens (including phenoxy) is 1. The first-order valence-corrected chi connectivity index (χ1v) is 7.53. The quantitative estimate of drug-likeness (QED) is 0.555. The summed E-state index contributed by atoms with van der Waals surface area (Å²) in [4.78, 5) is 4.38. The number of hydrogen-bond donors (Lipinski definition) is 1. The van der Waals surface area contributed by atoms with Crippen molar-refractivity contribution >= 4 is 38.7 Å². The Bertz CT molecular complexity index is 828. The number of halogens is 1. The van der Waals surface area contributed by atoms with Crippen LogP contribution in [0.15, 0.2) is 64.3 Å². The number of fused-ring (bicyclic) bond motifs is 1. The molecule has 0 amide bonds. The predicted molar refractivity (Wildman–Crippen MR) is 93.7 cm³/mol. The number of aromatic nitrogens is 1. The summed E-state index contributed by atoms with van der Waals surface area (Å²) in [6.07, 6.45) is 3.53. The second kappa shape index (κ2) is 6.58. The number of nitrogens with one attached hydrogen (secondary N) is 1. The Hall–Kier alpha value is -2.40. The zero-order valence-electron chi connectivity index (χ0n) is 12.0. The van der Waals surface area contributed by atoms with E-state index >= 15 is 0 Å². The Balaban J connectivity index is 1.80. The molecule has 0 spiro atoms. The third-order valence-corrected chi connectivity index (χ3v) is 3.83. The van der Waals surface area contributed by atoms with Crippen LogP contribution < -0.4 is 10.2 Å². The summed E-state index contributed by atoms with van der Waals surface area (Å²) >= 11 is 3.46. The molecule has 1 heterocycles. The number of hydrazone groups is 1. The van der Waals surface area contributed by atoms with Crippen LogP contribution in [0.1, 0.15) is 5.56 Å². The van der Waals surface area contributed by atoms with E-state index in [2.05, 4.69) is 31.4 Å². The summed E-state index contributed by atoms with van der Waals surface area (Å²) < 4.78 is 6.10. The van der Waals surface area contributed by atoms with Crippen molar-refractivity contribution in [3.63, 3.8) is 0 Å². The van der Waals surface area contributed by atoms with E-state index in [1.807, 2.05) is 48.5 Å². The van der Waals surface area contributed by atoms with Gasteiger partial charge in [-0.1, -0.05) is 18.2 Å². The number of methoxy groups -OCH3 is 1. The molecular weight excluding hydrogens is 342 g/mol. The van der Waals surface area contributed by atoms with Gasteiger partial charge in [-0.15, -0.1) is 0 Å². The van der Waals surface area contributed by atoms with Crippen molar-refractivity contribution in [3.8, 4) is 5.75 Å². The lowest BCUT2D eigenvalue weighted by atomic mass is 10.2. The van der Waals surface area contributed by atoms with E-state index in [-0.39, 0.29) is 0 Å². The van der Waals surface area contributed by atoms with Crippen LogP contribution in [0.2, 0.25) is 0 Å². The minimum absolute atomic E-state index is 0.795. The van der Waals surface area contributed by atoms with E-state index in [1.165, 1.54) is 0 Å². The molecule has 5 heteroatoms. The minimum Gasteiger partial charge on any atom is -0.496 e. The zero-order chi connectivity index (χ0) is 15.4. The highest BCUT2D eigenvalue weighted by molar-refractivity contribution is 9.10. The highest BCUT2D eigenvalue weighted by Gasteiger charge is 2.01. The van der Waals surface area contributed by atoms with E-state index in [4.69, 9.17) is 4.74 Å². The molecule has 1 N–H and O–H groups in total. The molecule has 0 radical (unpaired) electrons. The molecular formula is C17H14BrN3O.